The zero-order chi connectivity index (χ0) is 14.1. The summed E-state index contributed by atoms with van der Waals surface area (Å²) in [7, 11) is -0.173. The maximum absolute atomic E-state index is 6.03. The Morgan fingerprint density at radius 3 is 2.11 bits per heavy atom. The van der Waals surface area contributed by atoms with Gasteiger partial charge in [-0.05, 0) is 47.0 Å². The first-order valence-corrected chi connectivity index (χ1v) is 7.83. The molecule has 2 rings (SSSR count). The fourth-order valence-electron chi connectivity index (χ4n) is 3.10. The maximum Gasteiger partial charge on any atom is 0.487 e. The lowest BCUT2D eigenvalue weighted by molar-refractivity contribution is 0.00578. The summed E-state index contributed by atoms with van der Waals surface area (Å²) in [6.45, 7) is 10.7. The van der Waals surface area contributed by atoms with Gasteiger partial charge >= 0.3 is 7.12 Å². The largest absolute Gasteiger partial charge is 0.487 e. The van der Waals surface area contributed by atoms with Crippen molar-refractivity contribution in [3.05, 3.63) is 11.5 Å². The number of rotatable bonds is 3. The van der Waals surface area contributed by atoms with Crippen molar-refractivity contribution in [1.29, 1.82) is 0 Å². The van der Waals surface area contributed by atoms with Crippen LogP contribution in [0.2, 0.25) is 0 Å². The van der Waals surface area contributed by atoms with Gasteiger partial charge in [-0.1, -0.05) is 43.7 Å². The maximum atomic E-state index is 6.03. The topological polar surface area (TPSA) is 18.5 Å². The first-order chi connectivity index (χ1) is 8.80. The van der Waals surface area contributed by atoms with E-state index in [0.717, 1.165) is 5.92 Å². The van der Waals surface area contributed by atoms with Gasteiger partial charge in [-0.3, -0.25) is 0 Å². The molecule has 0 unspecified atom stereocenters. The molecule has 2 fully saturated rings. The second kappa shape index (κ2) is 5.61. The van der Waals surface area contributed by atoms with Crippen molar-refractivity contribution in [3.8, 4) is 0 Å². The van der Waals surface area contributed by atoms with Crippen molar-refractivity contribution >= 4 is 7.12 Å². The lowest BCUT2D eigenvalue weighted by Crippen LogP contribution is -2.41. The predicted molar refractivity (Wildman–Crippen MR) is 81.0 cm³/mol. The first-order valence-electron chi connectivity index (χ1n) is 7.83. The molecule has 2 nitrogen and oxygen atoms in total. The molecule has 2 aliphatic rings. The molecule has 0 atom stereocenters. The van der Waals surface area contributed by atoms with Crippen LogP contribution in [0.3, 0.4) is 0 Å². The van der Waals surface area contributed by atoms with Gasteiger partial charge in [0.2, 0.25) is 0 Å². The van der Waals surface area contributed by atoms with E-state index in [4.69, 9.17) is 9.31 Å². The van der Waals surface area contributed by atoms with E-state index in [-0.39, 0.29) is 18.3 Å². The molecule has 0 amide bonds. The highest BCUT2D eigenvalue weighted by atomic mass is 16.7. The standard InChI is InChI=1S/C16H29BO2/c1-13(11-14-9-7-6-8-10-14)12-17-18-15(2,3)16(4,5)19-17/h12,14H,6-11H2,1-5H3/b13-12+. The Morgan fingerprint density at radius 1 is 1.05 bits per heavy atom. The molecule has 1 saturated carbocycles. The summed E-state index contributed by atoms with van der Waals surface area (Å²) < 4.78 is 12.1. The lowest BCUT2D eigenvalue weighted by Gasteiger charge is -2.32. The van der Waals surface area contributed by atoms with E-state index in [9.17, 15) is 0 Å². The summed E-state index contributed by atoms with van der Waals surface area (Å²) >= 11 is 0. The van der Waals surface area contributed by atoms with Crippen LogP contribution >= 0.6 is 0 Å². The van der Waals surface area contributed by atoms with Crippen LogP contribution in [-0.4, -0.2) is 18.3 Å². The molecule has 0 aromatic carbocycles. The molecule has 0 aromatic heterocycles. The molecule has 1 aliphatic heterocycles. The minimum absolute atomic E-state index is 0.173. The summed E-state index contributed by atoms with van der Waals surface area (Å²) in [4.78, 5) is 0. The molecule has 1 aliphatic carbocycles. The summed E-state index contributed by atoms with van der Waals surface area (Å²) in [6, 6.07) is 0. The molecule has 0 aromatic rings. The molecule has 1 saturated heterocycles. The summed E-state index contributed by atoms with van der Waals surface area (Å²) in [6.07, 6.45) is 8.26. The highest BCUT2D eigenvalue weighted by Crippen LogP contribution is 2.37. The van der Waals surface area contributed by atoms with Crippen molar-refractivity contribution in [3.63, 3.8) is 0 Å². The normalized spacial score (nSPS) is 27.8. The van der Waals surface area contributed by atoms with Gasteiger partial charge < -0.3 is 9.31 Å². The van der Waals surface area contributed by atoms with Crippen molar-refractivity contribution in [1.82, 2.24) is 0 Å². The molecule has 0 spiro atoms. The number of allylic oxidation sites excluding steroid dienone is 1. The lowest BCUT2D eigenvalue weighted by atomic mass is 9.81. The Hall–Kier alpha value is -0.275. The van der Waals surface area contributed by atoms with Gasteiger partial charge in [-0.15, -0.1) is 0 Å². The SMILES string of the molecule is C/C(=C\B1OC(C)(C)C(C)(C)O1)CC1CCCCC1. The minimum atomic E-state index is -0.223. The first kappa shape index (κ1) is 15.1. The van der Waals surface area contributed by atoms with Crippen molar-refractivity contribution < 1.29 is 9.31 Å². The molecule has 0 radical (unpaired) electrons. The van der Waals surface area contributed by atoms with Crippen LogP contribution in [-0.2, 0) is 9.31 Å². The molecule has 3 heteroatoms. The van der Waals surface area contributed by atoms with Crippen LogP contribution in [0.25, 0.3) is 0 Å². The highest BCUT2D eigenvalue weighted by Gasteiger charge is 2.50. The van der Waals surface area contributed by atoms with Crippen molar-refractivity contribution in [2.45, 2.75) is 84.3 Å². The van der Waals surface area contributed by atoms with E-state index >= 15 is 0 Å². The Bertz CT molecular complexity index is 325. The van der Waals surface area contributed by atoms with Gasteiger partial charge in [-0.25, -0.2) is 0 Å². The van der Waals surface area contributed by atoms with E-state index in [0.29, 0.717) is 0 Å². The second-order valence-corrected chi connectivity index (χ2v) is 7.35. The van der Waals surface area contributed by atoms with Crippen LogP contribution in [0.1, 0.15) is 73.1 Å². The van der Waals surface area contributed by atoms with Crippen LogP contribution in [0.5, 0.6) is 0 Å². The van der Waals surface area contributed by atoms with E-state index < -0.39 is 0 Å². The van der Waals surface area contributed by atoms with Gasteiger partial charge in [-0.2, -0.15) is 0 Å². The van der Waals surface area contributed by atoms with Crippen LogP contribution < -0.4 is 0 Å². The third-order valence-corrected chi connectivity index (χ3v) is 5.03. The highest BCUT2D eigenvalue weighted by molar-refractivity contribution is 6.51. The molecule has 1 heterocycles. The number of hydrogen-bond donors (Lipinski definition) is 0. The van der Waals surface area contributed by atoms with E-state index in [1.807, 2.05) is 0 Å². The van der Waals surface area contributed by atoms with Crippen molar-refractivity contribution in [2.24, 2.45) is 5.92 Å². The third kappa shape index (κ3) is 3.63. The third-order valence-electron chi connectivity index (χ3n) is 5.03. The summed E-state index contributed by atoms with van der Waals surface area (Å²) in [5.41, 5.74) is 0.976. The fraction of sp³-hybridized carbons (Fsp3) is 0.875. The van der Waals surface area contributed by atoms with E-state index in [1.54, 1.807) is 0 Å². The monoisotopic (exact) mass is 264 g/mol. The quantitative estimate of drug-likeness (QED) is 0.697. The van der Waals surface area contributed by atoms with Crippen LogP contribution in [0.15, 0.2) is 11.5 Å². The molecule has 19 heavy (non-hydrogen) atoms. The molecule has 0 N–H and O–H groups in total. The summed E-state index contributed by atoms with van der Waals surface area (Å²) in [5, 5.41) is 0. The Kier molecular flexibility index (Phi) is 4.47. The number of hydrogen-bond acceptors (Lipinski definition) is 2. The van der Waals surface area contributed by atoms with Crippen molar-refractivity contribution in [2.75, 3.05) is 0 Å². The molecule has 108 valence electrons. The second-order valence-electron chi connectivity index (χ2n) is 7.35. The predicted octanol–water partition coefficient (Wildman–Crippen LogP) is 4.53. The molecular weight excluding hydrogens is 235 g/mol. The Morgan fingerprint density at radius 2 is 1.58 bits per heavy atom. The molecular formula is C16H29BO2. The van der Waals surface area contributed by atoms with Crippen LogP contribution in [0.4, 0.5) is 0 Å². The summed E-state index contributed by atoms with van der Waals surface area (Å²) in [5.74, 6) is 3.07. The zero-order valence-corrected chi connectivity index (χ0v) is 13.3. The van der Waals surface area contributed by atoms with Gasteiger partial charge in [0, 0.05) is 0 Å². The van der Waals surface area contributed by atoms with Crippen LogP contribution in [0, 0.1) is 5.92 Å². The fourth-order valence-corrected chi connectivity index (χ4v) is 3.10. The Balaban J connectivity index is 1.91. The Labute approximate surface area is 119 Å². The molecule has 0 bridgehead atoms. The average Bonchev–Trinajstić information content (AvgIpc) is 2.47. The van der Waals surface area contributed by atoms with Gasteiger partial charge in [0.15, 0.2) is 0 Å². The average molecular weight is 264 g/mol. The minimum Gasteiger partial charge on any atom is -0.400 e. The van der Waals surface area contributed by atoms with Gasteiger partial charge in [0.25, 0.3) is 0 Å². The van der Waals surface area contributed by atoms with Gasteiger partial charge in [0.05, 0.1) is 11.2 Å². The van der Waals surface area contributed by atoms with Gasteiger partial charge in [0.1, 0.15) is 0 Å². The zero-order valence-electron chi connectivity index (χ0n) is 13.3. The van der Waals surface area contributed by atoms with E-state index in [2.05, 4.69) is 40.6 Å². The smallest absolute Gasteiger partial charge is 0.400 e. The van der Waals surface area contributed by atoms with E-state index in [1.165, 1.54) is 44.1 Å².